The number of anilines is 1. The summed E-state index contributed by atoms with van der Waals surface area (Å²) < 4.78 is 18.1. The Morgan fingerprint density at radius 2 is 1.50 bits per heavy atom. The number of fused-ring (bicyclic) bond motifs is 2. The summed E-state index contributed by atoms with van der Waals surface area (Å²) in [5.74, 6) is 0.826. The average molecular weight is 504 g/mol. The molecular weight excluding hydrogens is 478 g/mol. The summed E-state index contributed by atoms with van der Waals surface area (Å²) in [6.45, 7) is 2.72. The van der Waals surface area contributed by atoms with Crippen molar-refractivity contribution in [2.24, 2.45) is 0 Å². The van der Waals surface area contributed by atoms with Gasteiger partial charge in [0.25, 0.3) is 5.91 Å². The number of benzene rings is 4. The van der Waals surface area contributed by atoms with Crippen LogP contribution in [0.5, 0.6) is 11.5 Å². The lowest BCUT2D eigenvalue weighted by Gasteiger charge is -2.26. The summed E-state index contributed by atoms with van der Waals surface area (Å²) in [7, 11) is 0. The molecule has 4 aromatic carbocycles. The minimum atomic E-state index is -0.692. The molecule has 1 amide bonds. The van der Waals surface area contributed by atoms with Crippen LogP contribution in [-0.2, 0) is 6.61 Å². The minimum Gasteiger partial charge on any atom is -0.490 e. The Balaban J connectivity index is 1.49. The van der Waals surface area contributed by atoms with Crippen molar-refractivity contribution in [3.05, 3.63) is 136 Å². The standard InChI is InChI=1S/C32H25NO5/c1-2-36-27-19-22(17-18-26(27)37-20-21-11-5-3-6-12-21)29-28-30(34)24-15-9-10-16-25(24)38-31(28)32(35)33(29)23-13-7-4-8-14-23/h3-19,29H,2,20H2,1H3. The van der Waals surface area contributed by atoms with Crippen LogP contribution in [0.4, 0.5) is 5.69 Å². The molecule has 0 N–H and O–H groups in total. The smallest absolute Gasteiger partial charge is 0.295 e. The molecule has 0 fully saturated rings. The molecule has 0 aliphatic carbocycles. The number of para-hydroxylation sites is 2. The van der Waals surface area contributed by atoms with E-state index in [1.807, 2.05) is 85.8 Å². The van der Waals surface area contributed by atoms with Crippen LogP contribution in [0.15, 0.2) is 112 Å². The fourth-order valence-corrected chi connectivity index (χ4v) is 4.91. The molecule has 1 aromatic heterocycles. The maximum Gasteiger partial charge on any atom is 0.295 e. The van der Waals surface area contributed by atoms with Crippen LogP contribution < -0.4 is 19.8 Å². The molecule has 6 nitrogen and oxygen atoms in total. The number of ether oxygens (including phenoxy) is 2. The molecule has 1 aliphatic heterocycles. The molecule has 1 aliphatic rings. The number of amides is 1. The summed E-state index contributed by atoms with van der Waals surface area (Å²) >= 11 is 0. The fourth-order valence-electron chi connectivity index (χ4n) is 4.91. The second-order valence-corrected chi connectivity index (χ2v) is 9.00. The summed E-state index contributed by atoms with van der Waals surface area (Å²) in [5, 5.41) is 0.437. The Morgan fingerprint density at radius 1 is 0.789 bits per heavy atom. The van der Waals surface area contributed by atoms with Gasteiger partial charge < -0.3 is 13.9 Å². The van der Waals surface area contributed by atoms with E-state index in [4.69, 9.17) is 13.9 Å². The van der Waals surface area contributed by atoms with Crippen LogP contribution in [0.2, 0.25) is 0 Å². The molecule has 0 spiro atoms. The predicted octanol–water partition coefficient (Wildman–Crippen LogP) is 6.52. The van der Waals surface area contributed by atoms with Gasteiger partial charge in [0.1, 0.15) is 12.2 Å². The van der Waals surface area contributed by atoms with Gasteiger partial charge in [0.05, 0.1) is 23.6 Å². The molecule has 0 bridgehead atoms. The lowest BCUT2D eigenvalue weighted by atomic mass is 9.97. The van der Waals surface area contributed by atoms with Crippen LogP contribution in [-0.4, -0.2) is 12.5 Å². The highest BCUT2D eigenvalue weighted by molar-refractivity contribution is 6.10. The van der Waals surface area contributed by atoms with Crippen LogP contribution in [0.1, 0.15) is 40.2 Å². The molecule has 6 heteroatoms. The van der Waals surface area contributed by atoms with Gasteiger partial charge >= 0.3 is 0 Å². The summed E-state index contributed by atoms with van der Waals surface area (Å²) in [4.78, 5) is 29.1. The topological polar surface area (TPSA) is 69.0 Å². The van der Waals surface area contributed by atoms with E-state index in [1.54, 1.807) is 29.2 Å². The van der Waals surface area contributed by atoms with E-state index in [2.05, 4.69) is 0 Å². The first-order valence-electron chi connectivity index (χ1n) is 12.5. The summed E-state index contributed by atoms with van der Waals surface area (Å²) in [5.41, 5.74) is 2.91. The Hall–Kier alpha value is -4.84. The predicted molar refractivity (Wildman–Crippen MR) is 146 cm³/mol. The highest BCUT2D eigenvalue weighted by atomic mass is 16.5. The van der Waals surface area contributed by atoms with Crippen molar-refractivity contribution in [2.45, 2.75) is 19.6 Å². The molecule has 0 saturated heterocycles. The third-order valence-electron chi connectivity index (χ3n) is 6.63. The largest absolute Gasteiger partial charge is 0.490 e. The maximum atomic E-state index is 13.8. The van der Waals surface area contributed by atoms with Crippen molar-refractivity contribution >= 4 is 22.6 Å². The number of rotatable bonds is 7. The van der Waals surface area contributed by atoms with Gasteiger partial charge in [-0.25, -0.2) is 0 Å². The highest BCUT2D eigenvalue weighted by Gasteiger charge is 2.43. The van der Waals surface area contributed by atoms with E-state index in [-0.39, 0.29) is 17.1 Å². The molecule has 0 saturated carbocycles. The summed E-state index contributed by atoms with van der Waals surface area (Å²) in [6.07, 6.45) is 0. The van der Waals surface area contributed by atoms with E-state index in [0.717, 1.165) is 11.1 Å². The van der Waals surface area contributed by atoms with E-state index in [0.29, 0.717) is 46.9 Å². The van der Waals surface area contributed by atoms with E-state index in [1.165, 1.54) is 0 Å². The Bertz CT molecular complexity index is 1680. The Kier molecular flexibility index (Phi) is 6.14. The number of nitrogens with zero attached hydrogens (tertiary/aromatic N) is 1. The molecule has 188 valence electrons. The number of hydrogen-bond donors (Lipinski definition) is 0. The molecule has 1 atom stereocenters. The normalized spacial score (nSPS) is 14.5. The summed E-state index contributed by atoms with van der Waals surface area (Å²) in [6, 6.07) is 31.1. The molecule has 5 aromatic rings. The zero-order chi connectivity index (χ0) is 26.1. The monoisotopic (exact) mass is 503 g/mol. The molecular formula is C32H25NO5. The lowest BCUT2D eigenvalue weighted by molar-refractivity contribution is 0.0971. The molecule has 38 heavy (non-hydrogen) atoms. The van der Waals surface area contributed by atoms with Crippen molar-refractivity contribution in [2.75, 3.05) is 11.5 Å². The van der Waals surface area contributed by atoms with Crippen molar-refractivity contribution in [3.63, 3.8) is 0 Å². The lowest BCUT2D eigenvalue weighted by Crippen LogP contribution is -2.29. The number of hydrogen-bond acceptors (Lipinski definition) is 5. The first-order chi connectivity index (χ1) is 18.7. The zero-order valence-electron chi connectivity index (χ0n) is 20.8. The van der Waals surface area contributed by atoms with Crippen molar-refractivity contribution in [1.82, 2.24) is 0 Å². The van der Waals surface area contributed by atoms with Crippen LogP contribution in [0.3, 0.4) is 0 Å². The zero-order valence-corrected chi connectivity index (χ0v) is 20.8. The first-order valence-corrected chi connectivity index (χ1v) is 12.5. The molecule has 0 radical (unpaired) electrons. The van der Waals surface area contributed by atoms with Crippen molar-refractivity contribution in [3.8, 4) is 11.5 Å². The molecule has 1 unspecified atom stereocenters. The Labute approximate surface area is 219 Å². The van der Waals surface area contributed by atoms with Crippen molar-refractivity contribution in [1.29, 1.82) is 0 Å². The minimum absolute atomic E-state index is 0.0601. The van der Waals surface area contributed by atoms with Crippen LogP contribution in [0.25, 0.3) is 11.0 Å². The van der Waals surface area contributed by atoms with Gasteiger partial charge in [-0.05, 0) is 54.4 Å². The maximum absolute atomic E-state index is 13.8. The van der Waals surface area contributed by atoms with Gasteiger partial charge in [0.15, 0.2) is 16.9 Å². The van der Waals surface area contributed by atoms with E-state index in [9.17, 15) is 9.59 Å². The van der Waals surface area contributed by atoms with Gasteiger partial charge in [-0.1, -0.05) is 66.7 Å². The first kappa shape index (κ1) is 23.6. The van der Waals surface area contributed by atoms with E-state index >= 15 is 0 Å². The highest BCUT2D eigenvalue weighted by Crippen LogP contribution is 2.43. The van der Waals surface area contributed by atoms with Gasteiger partial charge in [-0.15, -0.1) is 0 Å². The second-order valence-electron chi connectivity index (χ2n) is 9.00. The number of carbonyl (C=O) groups is 1. The average Bonchev–Trinajstić information content (AvgIpc) is 3.26. The van der Waals surface area contributed by atoms with Crippen molar-refractivity contribution < 1.29 is 18.7 Å². The number of carbonyl (C=O) groups excluding carboxylic acids is 1. The third kappa shape index (κ3) is 4.10. The van der Waals surface area contributed by atoms with Gasteiger partial charge in [0, 0.05) is 5.69 Å². The SMILES string of the molecule is CCOc1cc(C2c3c(oc4ccccc4c3=O)C(=O)N2c2ccccc2)ccc1OCc1ccccc1. The Morgan fingerprint density at radius 3 is 2.26 bits per heavy atom. The second kappa shape index (κ2) is 9.90. The van der Waals surface area contributed by atoms with Gasteiger partial charge in [-0.2, -0.15) is 0 Å². The van der Waals surface area contributed by atoms with Crippen LogP contribution in [0, 0.1) is 0 Å². The quantitative estimate of drug-likeness (QED) is 0.253. The van der Waals surface area contributed by atoms with Gasteiger partial charge in [0.2, 0.25) is 5.76 Å². The van der Waals surface area contributed by atoms with Crippen LogP contribution >= 0.6 is 0 Å². The van der Waals surface area contributed by atoms with Gasteiger partial charge in [-0.3, -0.25) is 14.5 Å². The molecule has 6 rings (SSSR count). The third-order valence-corrected chi connectivity index (χ3v) is 6.63. The van der Waals surface area contributed by atoms with E-state index < -0.39 is 6.04 Å². The fraction of sp³-hybridized carbons (Fsp3) is 0.125. The molecule has 2 heterocycles.